The maximum atomic E-state index is 12.9. The monoisotopic (exact) mass is 377 g/mol. The highest BCUT2D eigenvalue weighted by atomic mass is 32.2. The van der Waals surface area contributed by atoms with E-state index < -0.39 is 0 Å². The van der Waals surface area contributed by atoms with Gasteiger partial charge in [-0.05, 0) is 48.6 Å². The second-order valence-electron chi connectivity index (χ2n) is 5.80. The molecule has 0 N–H and O–H groups in total. The number of benzene rings is 2. The van der Waals surface area contributed by atoms with E-state index in [0.29, 0.717) is 24.5 Å². The van der Waals surface area contributed by atoms with Crippen molar-refractivity contribution < 1.29 is 18.7 Å². The van der Waals surface area contributed by atoms with E-state index in [0.717, 1.165) is 22.6 Å². The molecule has 0 aliphatic carbocycles. The molecule has 0 heterocycles. The van der Waals surface area contributed by atoms with Gasteiger partial charge in [0, 0.05) is 18.4 Å². The molecule has 0 spiro atoms. The topological polar surface area (TPSA) is 38.8 Å². The summed E-state index contributed by atoms with van der Waals surface area (Å²) in [6.45, 7) is 0.428. The molecule has 26 heavy (non-hydrogen) atoms. The zero-order chi connectivity index (χ0) is 18.9. The number of nitrogens with zero attached hydrogens (tertiary/aromatic N) is 1. The molecule has 0 aliphatic rings. The number of hydrogen-bond acceptors (Lipinski definition) is 4. The van der Waals surface area contributed by atoms with Crippen molar-refractivity contribution in [3.05, 3.63) is 53.8 Å². The molecule has 2 rings (SSSR count). The molecule has 0 saturated carbocycles. The number of amides is 1. The van der Waals surface area contributed by atoms with Crippen molar-refractivity contribution in [2.75, 3.05) is 27.0 Å². The van der Waals surface area contributed by atoms with Crippen LogP contribution < -0.4 is 9.47 Å². The molecular formula is C20H24FNO3S. The van der Waals surface area contributed by atoms with E-state index in [4.69, 9.17) is 9.47 Å². The smallest absolute Gasteiger partial charge is 0.222 e. The van der Waals surface area contributed by atoms with Crippen molar-refractivity contribution in [2.45, 2.75) is 24.3 Å². The van der Waals surface area contributed by atoms with Gasteiger partial charge >= 0.3 is 0 Å². The summed E-state index contributed by atoms with van der Waals surface area (Å²) in [6.07, 6.45) is 1.22. The second-order valence-corrected chi connectivity index (χ2v) is 6.97. The van der Waals surface area contributed by atoms with Crippen molar-refractivity contribution in [1.82, 2.24) is 4.90 Å². The number of rotatable bonds is 9. The number of carbonyl (C=O) groups excluding carboxylic acids is 1. The van der Waals surface area contributed by atoms with Crippen LogP contribution in [0.3, 0.4) is 0 Å². The molecule has 140 valence electrons. The van der Waals surface area contributed by atoms with Gasteiger partial charge in [0.2, 0.25) is 5.91 Å². The maximum absolute atomic E-state index is 12.9. The number of hydrogen-bond donors (Lipinski definition) is 0. The minimum Gasteiger partial charge on any atom is -0.496 e. The predicted octanol–water partition coefficient (Wildman–Crippen LogP) is 4.37. The summed E-state index contributed by atoms with van der Waals surface area (Å²) >= 11 is 1.62. The number of ether oxygens (including phenoxy) is 2. The molecule has 2 aromatic rings. The summed E-state index contributed by atoms with van der Waals surface area (Å²) in [5, 5.41) is 0. The van der Waals surface area contributed by atoms with Crippen molar-refractivity contribution in [3.63, 3.8) is 0 Å². The summed E-state index contributed by atoms with van der Waals surface area (Å²) in [5.41, 5.74) is 0.856. The van der Waals surface area contributed by atoms with Gasteiger partial charge in [-0.2, -0.15) is 0 Å². The van der Waals surface area contributed by atoms with Crippen molar-refractivity contribution in [3.8, 4) is 11.5 Å². The van der Waals surface area contributed by atoms with Crippen LogP contribution in [0.25, 0.3) is 0 Å². The van der Waals surface area contributed by atoms with Crippen LogP contribution in [0.4, 0.5) is 4.39 Å². The van der Waals surface area contributed by atoms with Gasteiger partial charge in [-0.1, -0.05) is 6.07 Å². The Balaban J connectivity index is 1.83. The third-order valence-corrected chi connectivity index (χ3v) is 5.07. The Hall–Kier alpha value is -2.21. The number of halogens is 1. The molecule has 0 unspecified atom stereocenters. The van der Waals surface area contributed by atoms with Gasteiger partial charge < -0.3 is 14.4 Å². The van der Waals surface area contributed by atoms with Gasteiger partial charge in [-0.25, -0.2) is 4.39 Å². The van der Waals surface area contributed by atoms with Crippen LogP contribution in [0.2, 0.25) is 0 Å². The van der Waals surface area contributed by atoms with Gasteiger partial charge in [0.15, 0.2) is 0 Å². The summed E-state index contributed by atoms with van der Waals surface area (Å²) in [5.74, 6) is 2.05. The SMILES string of the molecule is COc1cccc(OC)c1CN(C)C(=O)CCCSc1ccc(F)cc1. The summed E-state index contributed by atoms with van der Waals surface area (Å²) in [4.78, 5) is 15.1. The fraction of sp³-hybridized carbons (Fsp3) is 0.350. The normalized spacial score (nSPS) is 10.5. The van der Waals surface area contributed by atoms with E-state index in [1.807, 2.05) is 18.2 Å². The van der Waals surface area contributed by atoms with Crippen LogP contribution >= 0.6 is 11.8 Å². The largest absolute Gasteiger partial charge is 0.496 e. The Morgan fingerprint density at radius 3 is 2.27 bits per heavy atom. The van der Waals surface area contributed by atoms with Gasteiger partial charge in [-0.3, -0.25) is 4.79 Å². The van der Waals surface area contributed by atoms with Crippen LogP contribution in [0.5, 0.6) is 11.5 Å². The van der Waals surface area contributed by atoms with Gasteiger partial charge in [0.25, 0.3) is 0 Å². The van der Waals surface area contributed by atoms with Gasteiger partial charge in [0.05, 0.1) is 26.3 Å². The Morgan fingerprint density at radius 2 is 1.69 bits per heavy atom. The molecule has 0 radical (unpaired) electrons. The molecule has 1 amide bonds. The van der Waals surface area contributed by atoms with Gasteiger partial charge in [-0.15, -0.1) is 11.8 Å². The molecule has 0 saturated heterocycles. The number of thioether (sulfide) groups is 1. The highest BCUT2D eigenvalue weighted by Crippen LogP contribution is 2.29. The molecule has 0 atom stereocenters. The van der Waals surface area contributed by atoms with E-state index in [9.17, 15) is 9.18 Å². The Kier molecular flexibility index (Phi) is 7.78. The standard InChI is InChI=1S/C20H24FNO3S/c1-22(14-17-18(24-2)6-4-7-19(17)25-3)20(23)8-5-13-26-16-11-9-15(21)10-12-16/h4,6-7,9-12H,5,8,13-14H2,1-3H3. The van der Waals surface area contributed by atoms with Crippen LogP contribution in [0.15, 0.2) is 47.4 Å². The van der Waals surface area contributed by atoms with Crippen LogP contribution in [0.1, 0.15) is 18.4 Å². The molecule has 0 aromatic heterocycles. The summed E-state index contributed by atoms with van der Waals surface area (Å²) in [6, 6.07) is 12.0. The lowest BCUT2D eigenvalue weighted by atomic mass is 10.1. The van der Waals surface area contributed by atoms with Crippen molar-refractivity contribution >= 4 is 17.7 Å². The zero-order valence-electron chi connectivity index (χ0n) is 15.3. The maximum Gasteiger partial charge on any atom is 0.222 e. The predicted molar refractivity (Wildman–Crippen MR) is 102 cm³/mol. The quantitative estimate of drug-likeness (QED) is 0.480. The molecule has 4 nitrogen and oxygen atoms in total. The number of carbonyl (C=O) groups is 1. The average molecular weight is 377 g/mol. The van der Waals surface area contributed by atoms with E-state index >= 15 is 0 Å². The molecule has 6 heteroatoms. The molecular weight excluding hydrogens is 353 g/mol. The molecule has 2 aromatic carbocycles. The fourth-order valence-electron chi connectivity index (χ4n) is 2.54. The molecule has 0 aliphatic heterocycles. The van der Waals surface area contributed by atoms with E-state index in [-0.39, 0.29) is 11.7 Å². The Bertz CT molecular complexity index is 699. The summed E-state index contributed by atoms with van der Waals surface area (Å²) in [7, 11) is 4.99. The molecule has 0 fully saturated rings. The number of methoxy groups -OCH3 is 2. The minimum absolute atomic E-state index is 0.0673. The second kappa shape index (κ2) is 10.1. The Morgan fingerprint density at radius 1 is 1.08 bits per heavy atom. The third-order valence-electron chi connectivity index (χ3n) is 3.97. The van der Waals surface area contributed by atoms with Crippen LogP contribution in [-0.4, -0.2) is 37.8 Å². The average Bonchev–Trinajstić information content (AvgIpc) is 2.66. The minimum atomic E-state index is -0.238. The zero-order valence-corrected chi connectivity index (χ0v) is 16.1. The lowest BCUT2D eigenvalue weighted by Gasteiger charge is -2.20. The first-order valence-corrected chi connectivity index (χ1v) is 9.36. The van der Waals surface area contributed by atoms with Crippen LogP contribution in [0, 0.1) is 5.82 Å². The molecule has 0 bridgehead atoms. The van der Waals surface area contributed by atoms with E-state index in [2.05, 4.69) is 0 Å². The van der Waals surface area contributed by atoms with Crippen molar-refractivity contribution in [1.29, 1.82) is 0 Å². The third kappa shape index (κ3) is 5.66. The first kappa shape index (κ1) is 20.1. The first-order chi connectivity index (χ1) is 12.5. The Labute approximate surface area is 158 Å². The lowest BCUT2D eigenvalue weighted by molar-refractivity contribution is -0.130. The fourth-order valence-corrected chi connectivity index (χ4v) is 3.40. The van der Waals surface area contributed by atoms with E-state index in [1.54, 1.807) is 50.1 Å². The van der Waals surface area contributed by atoms with Gasteiger partial charge in [0.1, 0.15) is 17.3 Å². The van der Waals surface area contributed by atoms with Crippen LogP contribution in [-0.2, 0) is 11.3 Å². The summed E-state index contributed by atoms with van der Waals surface area (Å²) < 4.78 is 23.6. The highest BCUT2D eigenvalue weighted by Gasteiger charge is 2.15. The van der Waals surface area contributed by atoms with E-state index in [1.165, 1.54) is 12.1 Å². The first-order valence-electron chi connectivity index (χ1n) is 8.37. The highest BCUT2D eigenvalue weighted by molar-refractivity contribution is 7.99. The van der Waals surface area contributed by atoms with Crippen molar-refractivity contribution in [2.24, 2.45) is 0 Å². The lowest BCUT2D eigenvalue weighted by Crippen LogP contribution is -2.26.